The lowest BCUT2D eigenvalue weighted by Gasteiger charge is -2.39. The molecule has 2 aliphatic heterocycles. The van der Waals surface area contributed by atoms with Crippen LogP contribution in [0.5, 0.6) is 11.6 Å². The van der Waals surface area contributed by atoms with E-state index in [1.807, 2.05) is 30.3 Å². The first kappa shape index (κ1) is 28.1. The van der Waals surface area contributed by atoms with Gasteiger partial charge in [0.2, 0.25) is 5.88 Å². The molecule has 2 N–H and O–H groups in total. The number of morpholine rings is 1. The number of amides is 1. The number of hydrogen-bond acceptors (Lipinski definition) is 7. The second-order valence-electron chi connectivity index (χ2n) is 9.91. The third-order valence-corrected chi connectivity index (χ3v) is 8.85. The van der Waals surface area contributed by atoms with Gasteiger partial charge in [0.25, 0.3) is 5.91 Å². The van der Waals surface area contributed by atoms with Gasteiger partial charge < -0.3 is 24.8 Å². The van der Waals surface area contributed by atoms with Crippen LogP contribution in [0, 0.1) is 5.82 Å². The van der Waals surface area contributed by atoms with Gasteiger partial charge in [-0.3, -0.25) is 4.79 Å². The Morgan fingerprint density at radius 3 is 2.43 bits per heavy atom. The Bertz CT molecular complexity index is 1630. The predicted octanol–water partition coefficient (Wildman–Crippen LogP) is 6.83. The summed E-state index contributed by atoms with van der Waals surface area (Å²) in [5, 5.41) is 15.0. The highest BCUT2D eigenvalue weighted by atomic mass is 35.5. The van der Waals surface area contributed by atoms with Crippen molar-refractivity contribution in [3.05, 3.63) is 124 Å². The van der Waals surface area contributed by atoms with Gasteiger partial charge >= 0.3 is 0 Å². The van der Waals surface area contributed by atoms with Crippen molar-refractivity contribution in [2.45, 2.75) is 16.9 Å². The van der Waals surface area contributed by atoms with Crippen molar-refractivity contribution in [1.82, 2.24) is 10.3 Å². The van der Waals surface area contributed by atoms with E-state index in [1.54, 1.807) is 36.4 Å². The number of aliphatic hydroxyl groups is 1. The Morgan fingerprint density at radius 1 is 0.976 bits per heavy atom. The molecule has 2 aliphatic rings. The lowest BCUT2D eigenvalue weighted by molar-refractivity contribution is -0.119. The SMILES string of the molecule is O=C1NC(c2ccc(N3CCOCC3)cc2)(c2cccc(Oc3ccc(F)cc3)n2)CC(O)=C1Sc1ccccc1Cl. The molecule has 0 bridgehead atoms. The first-order valence-electron chi connectivity index (χ1n) is 13.4. The van der Waals surface area contributed by atoms with Gasteiger partial charge in [-0.25, -0.2) is 9.37 Å². The molecular weight excluding hydrogens is 577 g/mol. The van der Waals surface area contributed by atoms with Gasteiger partial charge in [-0.1, -0.05) is 53.7 Å². The number of aromatic nitrogens is 1. The summed E-state index contributed by atoms with van der Waals surface area (Å²) in [6.45, 7) is 2.91. The lowest BCUT2D eigenvalue weighted by Crippen LogP contribution is -2.51. The summed E-state index contributed by atoms with van der Waals surface area (Å²) in [5.74, 6) is -0.225. The summed E-state index contributed by atoms with van der Waals surface area (Å²) in [6, 6.07) is 25.9. The average Bonchev–Trinajstić information content (AvgIpc) is 3.01. The molecule has 3 heterocycles. The van der Waals surface area contributed by atoms with E-state index >= 15 is 0 Å². The quantitative estimate of drug-likeness (QED) is 0.240. The predicted molar refractivity (Wildman–Crippen MR) is 161 cm³/mol. The normalized spacial score (nSPS) is 19.0. The van der Waals surface area contributed by atoms with Crippen molar-refractivity contribution in [3.63, 3.8) is 0 Å². The van der Waals surface area contributed by atoms with Gasteiger partial charge in [0.05, 0.1) is 23.9 Å². The minimum absolute atomic E-state index is 0.0510. The third-order valence-electron chi connectivity index (χ3n) is 7.21. The number of carbonyl (C=O) groups excluding carboxylic acids is 1. The molecule has 1 unspecified atom stereocenters. The number of nitrogens with zero attached hydrogens (tertiary/aromatic N) is 2. The fourth-order valence-corrected chi connectivity index (χ4v) is 6.20. The number of pyridine rings is 1. The van der Waals surface area contributed by atoms with E-state index in [9.17, 15) is 14.3 Å². The number of hydrogen-bond donors (Lipinski definition) is 2. The van der Waals surface area contributed by atoms with Gasteiger partial charge in [0.1, 0.15) is 27.8 Å². The summed E-state index contributed by atoms with van der Waals surface area (Å²) in [4.78, 5) is 21.5. The first-order valence-corrected chi connectivity index (χ1v) is 14.6. The van der Waals surface area contributed by atoms with Crippen molar-refractivity contribution in [3.8, 4) is 11.6 Å². The van der Waals surface area contributed by atoms with E-state index in [2.05, 4.69) is 10.2 Å². The summed E-state index contributed by atoms with van der Waals surface area (Å²) < 4.78 is 24.8. The Labute approximate surface area is 251 Å². The molecule has 1 aromatic heterocycles. The van der Waals surface area contributed by atoms with Crippen LogP contribution in [0.2, 0.25) is 5.02 Å². The highest BCUT2D eigenvalue weighted by molar-refractivity contribution is 8.04. The Kier molecular flexibility index (Phi) is 8.06. The van der Waals surface area contributed by atoms with Crippen LogP contribution in [0.25, 0.3) is 0 Å². The monoisotopic (exact) mass is 603 g/mol. The number of carbonyl (C=O) groups is 1. The number of rotatable bonds is 7. The molecule has 1 amide bonds. The Morgan fingerprint density at radius 2 is 1.71 bits per heavy atom. The molecule has 7 nitrogen and oxygen atoms in total. The lowest BCUT2D eigenvalue weighted by atomic mass is 9.80. The molecule has 4 aromatic rings. The summed E-state index contributed by atoms with van der Waals surface area (Å²) >= 11 is 7.46. The largest absolute Gasteiger partial charge is 0.511 e. The van der Waals surface area contributed by atoms with Crippen molar-refractivity contribution < 1.29 is 23.8 Å². The number of benzene rings is 3. The number of halogens is 2. The summed E-state index contributed by atoms with van der Waals surface area (Å²) in [6.07, 6.45) is 0.0510. The maximum Gasteiger partial charge on any atom is 0.262 e. The summed E-state index contributed by atoms with van der Waals surface area (Å²) in [7, 11) is 0. The molecule has 1 atom stereocenters. The zero-order valence-corrected chi connectivity index (χ0v) is 24.0. The fourth-order valence-electron chi connectivity index (χ4n) is 5.09. The first-order chi connectivity index (χ1) is 20.4. The number of anilines is 1. The van der Waals surface area contributed by atoms with Crippen LogP contribution >= 0.6 is 23.4 Å². The number of aliphatic hydroxyl groups excluding tert-OH is 1. The zero-order valence-electron chi connectivity index (χ0n) is 22.4. The molecule has 0 saturated carbocycles. The smallest absolute Gasteiger partial charge is 0.262 e. The highest BCUT2D eigenvalue weighted by Crippen LogP contribution is 2.44. The van der Waals surface area contributed by atoms with E-state index in [4.69, 9.17) is 26.1 Å². The van der Waals surface area contributed by atoms with Crippen molar-refractivity contribution in [1.29, 1.82) is 0 Å². The van der Waals surface area contributed by atoms with Crippen LogP contribution in [-0.4, -0.2) is 42.3 Å². The zero-order chi connectivity index (χ0) is 29.1. The van der Waals surface area contributed by atoms with E-state index < -0.39 is 11.4 Å². The van der Waals surface area contributed by atoms with Gasteiger partial charge in [0.15, 0.2) is 0 Å². The van der Waals surface area contributed by atoms with Gasteiger partial charge in [-0.05, 0) is 60.2 Å². The standard InChI is InChI=1S/C32H27ClFN3O4S/c33-25-4-1-2-5-27(25)42-30-26(38)20-32(36-31(30)39,21-8-12-23(13-9-21)37-16-18-40-19-17-37)28-6-3-7-29(35-28)41-24-14-10-22(34)11-15-24/h1-15,38H,16-20H2,(H,36,39). The van der Waals surface area contributed by atoms with E-state index in [0.717, 1.165) is 36.1 Å². The molecule has 6 rings (SSSR count). The molecule has 42 heavy (non-hydrogen) atoms. The Balaban J connectivity index is 1.39. The van der Waals surface area contributed by atoms with Crippen LogP contribution in [0.15, 0.2) is 107 Å². The Hall–Kier alpha value is -4.05. The molecule has 10 heteroatoms. The molecule has 0 spiro atoms. The fraction of sp³-hybridized carbons (Fsp3) is 0.188. The average molecular weight is 604 g/mol. The highest BCUT2D eigenvalue weighted by Gasteiger charge is 2.44. The van der Waals surface area contributed by atoms with Gasteiger partial charge in [-0.2, -0.15) is 0 Å². The van der Waals surface area contributed by atoms with E-state index in [-0.39, 0.29) is 28.8 Å². The minimum atomic E-state index is -1.20. The van der Waals surface area contributed by atoms with Crippen LogP contribution in [-0.2, 0) is 15.1 Å². The van der Waals surface area contributed by atoms with E-state index in [1.165, 1.54) is 24.3 Å². The molecular formula is C32H27ClFN3O4S. The molecule has 1 saturated heterocycles. The number of nitrogens with one attached hydrogen (secondary N) is 1. The molecule has 3 aromatic carbocycles. The van der Waals surface area contributed by atoms with Crippen LogP contribution in [0.1, 0.15) is 17.7 Å². The molecule has 214 valence electrons. The second kappa shape index (κ2) is 12.1. The summed E-state index contributed by atoms with van der Waals surface area (Å²) in [5.41, 5.74) is 1.06. The minimum Gasteiger partial charge on any atom is -0.511 e. The molecule has 0 radical (unpaired) electrons. The van der Waals surface area contributed by atoms with Crippen LogP contribution in [0.4, 0.5) is 10.1 Å². The van der Waals surface area contributed by atoms with Crippen molar-refractivity contribution in [2.24, 2.45) is 0 Å². The van der Waals surface area contributed by atoms with Crippen LogP contribution < -0.4 is 15.0 Å². The van der Waals surface area contributed by atoms with Crippen LogP contribution in [0.3, 0.4) is 0 Å². The topological polar surface area (TPSA) is 83.9 Å². The molecule has 1 fully saturated rings. The van der Waals surface area contributed by atoms with Gasteiger partial charge in [0, 0.05) is 36.2 Å². The van der Waals surface area contributed by atoms with Crippen molar-refractivity contribution in [2.75, 3.05) is 31.2 Å². The van der Waals surface area contributed by atoms with Gasteiger partial charge in [-0.15, -0.1) is 0 Å². The maximum atomic E-state index is 13.7. The maximum absolute atomic E-state index is 13.7. The van der Waals surface area contributed by atoms with E-state index in [0.29, 0.717) is 34.6 Å². The number of ether oxygens (including phenoxy) is 2. The number of thioether (sulfide) groups is 1. The van der Waals surface area contributed by atoms with Crippen molar-refractivity contribution >= 4 is 35.0 Å². The molecule has 0 aliphatic carbocycles. The third kappa shape index (κ3) is 5.81. The second-order valence-corrected chi connectivity index (χ2v) is 11.4.